The van der Waals surface area contributed by atoms with Gasteiger partial charge in [0.05, 0.1) is 0 Å². The normalized spacial score (nSPS) is 13.6. The molecule has 0 atom stereocenters. The van der Waals surface area contributed by atoms with Gasteiger partial charge in [0.15, 0.2) is 0 Å². The van der Waals surface area contributed by atoms with Gasteiger partial charge in [-0.15, -0.1) is 0 Å². The highest BCUT2D eigenvalue weighted by molar-refractivity contribution is 14.4. The van der Waals surface area contributed by atoms with Crippen molar-refractivity contribution in [2.24, 2.45) is 0 Å². The quantitative estimate of drug-likeness (QED) is 0.189. The summed E-state index contributed by atoms with van der Waals surface area (Å²) >= 11 is 15.9. The Kier molecular flexibility index (Phi) is 10.4. The van der Waals surface area contributed by atoms with E-state index in [1.165, 1.54) is 18.5 Å². The zero-order valence-corrected chi connectivity index (χ0v) is 20.3. The summed E-state index contributed by atoms with van der Waals surface area (Å²) in [4.78, 5) is 0. The van der Waals surface area contributed by atoms with Gasteiger partial charge >= 0.3 is 0 Å². The minimum absolute atomic E-state index is 0.835. The smallest absolute Gasteiger partial charge is 0.0909 e. The van der Waals surface area contributed by atoms with Crippen molar-refractivity contribution in [1.82, 2.24) is 0 Å². The molecular weight excluding hydrogens is 854 g/mol. The van der Waals surface area contributed by atoms with Gasteiger partial charge in [-0.3, -0.25) is 0 Å². The highest BCUT2D eigenvalue weighted by atomic mass is 127. The van der Waals surface area contributed by atoms with E-state index in [-0.39, 0.29) is 0 Å². The third-order valence-electron chi connectivity index (χ3n) is 0.921. The van der Waals surface area contributed by atoms with Crippen LogP contribution >= 0.6 is 131 Å². The van der Waals surface area contributed by atoms with Gasteiger partial charge in [-0.05, 0) is 12.1 Å². The molecule has 0 bridgehead atoms. The highest BCUT2D eigenvalue weighted by Crippen LogP contribution is 2.40. The third-order valence-corrected chi connectivity index (χ3v) is 12.5. The topological polar surface area (TPSA) is 0 Å². The number of hydrogen-bond donors (Lipinski definition) is 0. The maximum atomic E-state index is 2.65. The van der Waals surface area contributed by atoms with Gasteiger partial charge in [0, 0.05) is 0 Å². The Balaban J connectivity index is 3.44. The summed E-state index contributed by atoms with van der Waals surface area (Å²) in [5, 5.41) is 0. The lowest BCUT2D eigenvalue weighted by atomic mass is 10.6. The molecule has 68 valence electrons. The molecule has 0 heterocycles. The van der Waals surface area contributed by atoms with Crippen molar-refractivity contribution < 1.29 is 0 Å². The lowest BCUT2D eigenvalue weighted by molar-refractivity contribution is 1.07. The molecule has 0 radical (unpaired) electrons. The van der Waals surface area contributed by atoms with E-state index < -0.39 is 1.13 Å². The summed E-state index contributed by atoms with van der Waals surface area (Å²) < 4.78 is -1.67. The molecule has 0 unspecified atom stereocenters. The van der Waals surface area contributed by atoms with Crippen LogP contribution in [-0.2, 0) is 0 Å². The van der Waals surface area contributed by atoms with Crippen LogP contribution in [-0.4, -0.2) is 1.13 Å². The van der Waals surface area contributed by atoms with Crippen molar-refractivity contribution in [1.29, 1.82) is 0 Å². The van der Waals surface area contributed by atoms with E-state index in [2.05, 4.69) is 131 Å². The van der Waals surface area contributed by atoms with Crippen LogP contribution in [0, 0.1) is 0 Å². The second-order valence-electron chi connectivity index (χ2n) is 2.08. The summed E-state index contributed by atoms with van der Waals surface area (Å²) in [6, 6.07) is 2.94. The molecule has 11 heavy (non-hydrogen) atoms. The van der Waals surface area contributed by atoms with E-state index in [9.17, 15) is 0 Å². The zero-order valence-electron chi connectivity index (χ0n) is 5.39. The number of hydrogen-bond acceptors (Lipinski definition) is 0. The molecule has 0 aromatic carbocycles. The SMILES string of the molecule is I[Si](I)(I)CCC[Si](I)(I)I. The molecule has 0 nitrogen and oxygen atoms in total. The summed E-state index contributed by atoms with van der Waals surface area (Å²) in [5.41, 5.74) is 0. The molecule has 0 rings (SSSR count). The van der Waals surface area contributed by atoms with E-state index in [0.717, 1.165) is 0 Å². The van der Waals surface area contributed by atoms with E-state index in [1.807, 2.05) is 0 Å². The zero-order chi connectivity index (χ0) is 9.12. The first-order chi connectivity index (χ1) is 4.71. The van der Waals surface area contributed by atoms with Gasteiger partial charge in [0.2, 0.25) is 0 Å². The van der Waals surface area contributed by atoms with E-state index in [1.54, 1.807) is 0 Å². The highest BCUT2D eigenvalue weighted by Gasteiger charge is 2.25. The predicted octanol–water partition coefficient (Wildman–Crippen LogP) is 5.86. The molecule has 0 spiro atoms. The molecule has 0 saturated heterocycles. The Labute approximate surface area is 146 Å². The predicted molar refractivity (Wildman–Crippen MR) is 110 cm³/mol. The summed E-state index contributed by atoms with van der Waals surface area (Å²) in [6.07, 6.45) is 1.45. The maximum absolute atomic E-state index is 2.65. The average Bonchev–Trinajstić information content (AvgIpc) is 1.55. The standard InChI is InChI=1S/C3H6I6Si2/c4-10(5,6)2-1-3-11(7,8)9/h1-3H2. The first-order valence-corrected chi connectivity index (χ1v) is 25.9. The van der Waals surface area contributed by atoms with E-state index in [0.29, 0.717) is 0 Å². The van der Waals surface area contributed by atoms with Crippen molar-refractivity contribution in [3.63, 3.8) is 0 Å². The van der Waals surface area contributed by atoms with Crippen LogP contribution in [0.4, 0.5) is 0 Å². The van der Waals surface area contributed by atoms with Gasteiger partial charge in [-0.25, -0.2) is 0 Å². The first-order valence-electron chi connectivity index (χ1n) is 2.84. The minimum Gasteiger partial charge on any atom is -0.0909 e. The van der Waals surface area contributed by atoms with Crippen LogP contribution in [0.3, 0.4) is 0 Å². The van der Waals surface area contributed by atoms with Gasteiger partial charge in [-0.2, -0.15) is 0 Å². The minimum atomic E-state index is -0.835. The van der Waals surface area contributed by atoms with Gasteiger partial charge < -0.3 is 0 Å². The van der Waals surface area contributed by atoms with Crippen molar-refractivity contribution in [2.45, 2.75) is 18.5 Å². The van der Waals surface area contributed by atoms with Crippen LogP contribution < -0.4 is 0 Å². The summed E-state index contributed by atoms with van der Waals surface area (Å²) in [6.45, 7) is 0. The molecule has 0 saturated carbocycles. The third kappa shape index (κ3) is 14.8. The molecule has 0 N–H and O–H groups in total. The van der Waals surface area contributed by atoms with Crippen molar-refractivity contribution in [3.05, 3.63) is 0 Å². The van der Waals surface area contributed by atoms with Crippen LogP contribution in [0.15, 0.2) is 0 Å². The van der Waals surface area contributed by atoms with Crippen LogP contribution in [0.1, 0.15) is 6.42 Å². The molecule has 0 aliphatic rings. The molecule has 0 amide bonds. The molecule has 0 aliphatic carbocycles. The second-order valence-corrected chi connectivity index (χ2v) is 75.8. The summed E-state index contributed by atoms with van der Waals surface area (Å²) in [5.74, 6) is 0. The van der Waals surface area contributed by atoms with Crippen molar-refractivity contribution >= 4 is 132 Å². The number of halogens is 6. The molecule has 0 aromatic heterocycles. The van der Waals surface area contributed by atoms with E-state index >= 15 is 0 Å². The lowest BCUT2D eigenvalue weighted by Gasteiger charge is -2.12. The van der Waals surface area contributed by atoms with E-state index in [4.69, 9.17) is 0 Å². The Morgan fingerprint density at radius 1 is 0.636 bits per heavy atom. The van der Waals surface area contributed by atoms with Crippen LogP contribution in [0.25, 0.3) is 0 Å². The average molecular weight is 860 g/mol. The Morgan fingerprint density at radius 2 is 0.909 bits per heavy atom. The number of rotatable bonds is 4. The van der Waals surface area contributed by atoms with Gasteiger partial charge in [0.1, 0.15) is 0 Å². The molecular formula is C3H6I6Si2. The van der Waals surface area contributed by atoms with Crippen LogP contribution in [0.2, 0.25) is 12.1 Å². The Morgan fingerprint density at radius 3 is 1.09 bits per heavy atom. The van der Waals surface area contributed by atoms with Crippen LogP contribution in [0.5, 0.6) is 0 Å². The second kappa shape index (κ2) is 7.20. The maximum Gasteiger partial charge on any atom is 0.253 e. The summed E-state index contributed by atoms with van der Waals surface area (Å²) in [7, 11) is 0. The van der Waals surface area contributed by atoms with Crippen molar-refractivity contribution in [3.8, 4) is 0 Å². The Bertz CT molecular complexity index is 100.0. The lowest BCUT2D eigenvalue weighted by Crippen LogP contribution is -2.09. The monoisotopic (exact) mass is 859 g/mol. The fraction of sp³-hybridized carbons (Fsp3) is 1.00. The molecule has 0 aliphatic heterocycles. The van der Waals surface area contributed by atoms with Crippen molar-refractivity contribution in [2.75, 3.05) is 0 Å². The first kappa shape index (κ1) is 15.8. The fourth-order valence-corrected chi connectivity index (χ4v) is 8.86. The van der Waals surface area contributed by atoms with Gasteiger partial charge in [0.25, 0.3) is 1.13 Å². The van der Waals surface area contributed by atoms with Gasteiger partial charge in [-0.1, -0.05) is 137 Å². The Hall–Kier alpha value is 4.81. The molecule has 8 heteroatoms. The molecule has 0 aromatic rings. The largest absolute Gasteiger partial charge is 0.253 e. The fourth-order valence-electron chi connectivity index (χ4n) is 0.489. The molecule has 0 fully saturated rings.